The SMILES string of the molecule is N#Cc1ncccc1Sc1ncns1. The molecule has 0 bridgehead atoms. The second-order valence-electron chi connectivity index (χ2n) is 2.27. The van der Waals surface area contributed by atoms with Crippen molar-refractivity contribution in [2.45, 2.75) is 9.24 Å². The first kappa shape index (κ1) is 9.12. The molecule has 0 spiro atoms. The van der Waals surface area contributed by atoms with Crippen LogP contribution in [-0.4, -0.2) is 14.3 Å². The lowest BCUT2D eigenvalue weighted by Gasteiger charge is -1.97. The number of nitrogens with zero attached hydrogens (tertiary/aromatic N) is 4. The summed E-state index contributed by atoms with van der Waals surface area (Å²) in [5.74, 6) is 0. The lowest BCUT2D eigenvalue weighted by atomic mass is 10.4. The predicted molar refractivity (Wildman–Crippen MR) is 53.0 cm³/mol. The molecule has 4 nitrogen and oxygen atoms in total. The highest BCUT2D eigenvalue weighted by Crippen LogP contribution is 2.29. The van der Waals surface area contributed by atoms with Crippen molar-refractivity contribution in [2.75, 3.05) is 0 Å². The summed E-state index contributed by atoms with van der Waals surface area (Å²) in [4.78, 5) is 8.78. The first-order chi connectivity index (χ1) is 6.90. The molecule has 2 heterocycles. The van der Waals surface area contributed by atoms with Crippen molar-refractivity contribution in [1.29, 1.82) is 5.26 Å². The van der Waals surface area contributed by atoms with E-state index in [9.17, 15) is 0 Å². The first-order valence-electron chi connectivity index (χ1n) is 3.70. The van der Waals surface area contributed by atoms with E-state index in [0.29, 0.717) is 5.69 Å². The summed E-state index contributed by atoms with van der Waals surface area (Å²) >= 11 is 2.71. The van der Waals surface area contributed by atoms with E-state index in [0.717, 1.165) is 9.24 Å². The van der Waals surface area contributed by atoms with Gasteiger partial charge < -0.3 is 0 Å². The molecule has 0 aliphatic rings. The first-order valence-corrected chi connectivity index (χ1v) is 5.29. The van der Waals surface area contributed by atoms with Gasteiger partial charge in [-0.2, -0.15) is 9.64 Å². The van der Waals surface area contributed by atoms with Crippen LogP contribution >= 0.6 is 23.3 Å². The van der Waals surface area contributed by atoms with Crippen LogP contribution in [0.5, 0.6) is 0 Å². The summed E-state index contributed by atoms with van der Waals surface area (Å²) in [6.07, 6.45) is 3.10. The summed E-state index contributed by atoms with van der Waals surface area (Å²) in [5, 5.41) is 8.79. The van der Waals surface area contributed by atoms with Crippen molar-refractivity contribution in [1.82, 2.24) is 14.3 Å². The number of aromatic nitrogens is 3. The monoisotopic (exact) mass is 220 g/mol. The highest BCUT2D eigenvalue weighted by molar-refractivity contribution is 8.01. The van der Waals surface area contributed by atoms with Gasteiger partial charge in [0.05, 0.1) is 4.90 Å². The molecular formula is C8H4N4S2. The highest BCUT2D eigenvalue weighted by atomic mass is 32.2. The quantitative estimate of drug-likeness (QED) is 0.774. The zero-order valence-corrected chi connectivity index (χ0v) is 8.55. The lowest BCUT2D eigenvalue weighted by Crippen LogP contribution is -1.84. The Kier molecular flexibility index (Phi) is 2.72. The van der Waals surface area contributed by atoms with Gasteiger partial charge in [0, 0.05) is 6.20 Å². The zero-order chi connectivity index (χ0) is 9.80. The largest absolute Gasteiger partial charge is 0.244 e. The molecule has 0 aliphatic carbocycles. The van der Waals surface area contributed by atoms with Gasteiger partial charge in [-0.1, -0.05) is 11.8 Å². The van der Waals surface area contributed by atoms with E-state index in [4.69, 9.17) is 5.26 Å². The number of nitriles is 1. The van der Waals surface area contributed by atoms with E-state index >= 15 is 0 Å². The third-order valence-corrected chi connectivity index (χ3v) is 3.18. The number of rotatable bonds is 2. The Balaban J connectivity index is 2.30. The molecule has 0 unspecified atom stereocenters. The van der Waals surface area contributed by atoms with Crippen LogP contribution in [0.2, 0.25) is 0 Å². The lowest BCUT2D eigenvalue weighted by molar-refractivity contribution is 1.16. The topological polar surface area (TPSA) is 62.5 Å². The van der Waals surface area contributed by atoms with Crippen LogP contribution in [0.25, 0.3) is 0 Å². The van der Waals surface area contributed by atoms with Crippen LogP contribution in [0, 0.1) is 11.3 Å². The average molecular weight is 220 g/mol. The number of pyridine rings is 1. The molecule has 68 valence electrons. The van der Waals surface area contributed by atoms with Crippen molar-refractivity contribution in [3.8, 4) is 6.07 Å². The standard InChI is InChI=1S/C8H4N4S2/c9-4-6-7(2-1-3-10-6)13-8-11-5-12-14-8/h1-3,5H. The minimum Gasteiger partial charge on any atom is -0.244 e. The van der Waals surface area contributed by atoms with E-state index in [-0.39, 0.29) is 0 Å². The second-order valence-corrected chi connectivity index (χ2v) is 4.34. The van der Waals surface area contributed by atoms with E-state index in [1.165, 1.54) is 29.6 Å². The highest BCUT2D eigenvalue weighted by Gasteiger charge is 2.06. The molecular weight excluding hydrogens is 216 g/mol. The van der Waals surface area contributed by atoms with Crippen molar-refractivity contribution < 1.29 is 0 Å². The van der Waals surface area contributed by atoms with Gasteiger partial charge in [-0.05, 0) is 23.7 Å². The Morgan fingerprint density at radius 2 is 2.36 bits per heavy atom. The van der Waals surface area contributed by atoms with Gasteiger partial charge in [-0.15, -0.1) is 0 Å². The molecule has 0 amide bonds. The Bertz CT molecular complexity index is 460. The molecule has 0 aromatic carbocycles. The second kappa shape index (κ2) is 4.17. The van der Waals surface area contributed by atoms with E-state index in [1.807, 2.05) is 12.1 Å². The fraction of sp³-hybridized carbons (Fsp3) is 0. The molecule has 2 aromatic heterocycles. The third-order valence-electron chi connectivity index (χ3n) is 1.41. The van der Waals surface area contributed by atoms with E-state index in [1.54, 1.807) is 12.3 Å². The minimum atomic E-state index is 0.424. The maximum absolute atomic E-state index is 8.79. The molecule has 14 heavy (non-hydrogen) atoms. The fourth-order valence-electron chi connectivity index (χ4n) is 0.859. The van der Waals surface area contributed by atoms with Gasteiger partial charge in [0.2, 0.25) is 0 Å². The van der Waals surface area contributed by atoms with Crippen LogP contribution < -0.4 is 0 Å². The fourth-order valence-corrected chi connectivity index (χ4v) is 2.31. The van der Waals surface area contributed by atoms with Crippen LogP contribution in [0.1, 0.15) is 5.69 Å². The summed E-state index contributed by atoms with van der Waals surface area (Å²) in [6.45, 7) is 0. The van der Waals surface area contributed by atoms with E-state index < -0.39 is 0 Å². The van der Waals surface area contributed by atoms with Gasteiger partial charge in [0.25, 0.3) is 0 Å². The summed E-state index contributed by atoms with van der Waals surface area (Å²) in [5.41, 5.74) is 0.424. The molecule has 2 aromatic rings. The van der Waals surface area contributed by atoms with Gasteiger partial charge in [-0.25, -0.2) is 9.97 Å². The van der Waals surface area contributed by atoms with Crippen molar-refractivity contribution in [3.05, 3.63) is 30.4 Å². The minimum absolute atomic E-state index is 0.424. The molecule has 2 rings (SSSR count). The Labute approximate surface area is 88.8 Å². The number of hydrogen-bond acceptors (Lipinski definition) is 6. The van der Waals surface area contributed by atoms with Crippen molar-refractivity contribution in [2.24, 2.45) is 0 Å². The maximum atomic E-state index is 8.79. The van der Waals surface area contributed by atoms with Gasteiger partial charge in [-0.3, -0.25) is 0 Å². The van der Waals surface area contributed by atoms with Crippen LogP contribution in [0.4, 0.5) is 0 Å². The van der Waals surface area contributed by atoms with E-state index in [2.05, 4.69) is 14.3 Å². The summed E-state index contributed by atoms with van der Waals surface area (Å²) in [7, 11) is 0. The van der Waals surface area contributed by atoms with Crippen molar-refractivity contribution in [3.63, 3.8) is 0 Å². The molecule has 0 aliphatic heterocycles. The Hall–Kier alpha value is -1.45. The smallest absolute Gasteiger partial charge is 0.174 e. The molecule has 0 atom stereocenters. The molecule has 6 heteroatoms. The van der Waals surface area contributed by atoms with Gasteiger partial charge in [0.15, 0.2) is 10.0 Å². The molecule has 0 fully saturated rings. The Morgan fingerprint density at radius 1 is 1.43 bits per heavy atom. The maximum Gasteiger partial charge on any atom is 0.174 e. The van der Waals surface area contributed by atoms with Gasteiger partial charge >= 0.3 is 0 Å². The van der Waals surface area contributed by atoms with Crippen molar-refractivity contribution >= 4 is 23.3 Å². The van der Waals surface area contributed by atoms with Crippen LogP contribution in [0.3, 0.4) is 0 Å². The molecule has 0 saturated carbocycles. The number of hydrogen-bond donors (Lipinski definition) is 0. The molecule has 0 saturated heterocycles. The molecule has 0 radical (unpaired) electrons. The molecule has 0 N–H and O–H groups in total. The average Bonchev–Trinajstić information content (AvgIpc) is 2.71. The Morgan fingerprint density at radius 3 is 3.07 bits per heavy atom. The summed E-state index contributed by atoms with van der Waals surface area (Å²) < 4.78 is 4.69. The van der Waals surface area contributed by atoms with Crippen LogP contribution in [-0.2, 0) is 0 Å². The van der Waals surface area contributed by atoms with Crippen LogP contribution in [0.15, 0.2) is 33.9 Å². The zero-order valence-electron chi connectivity index (χ0n) is 6.91. The third kappa shape index (κ3) is 1.89. The predicted octanol–water partition coefficient (Wildman–Crippen LogP) is 1.96. The summed E-state index contributed by atoms with van der Waals surface area (Å²) in [6, 6.07) is 5.67. The normalized spacial score (nSPS) is 9.64. The van der Waals surface area contributed by atoms with Gasteiger partial charge in [0.1, 0.15) is 12.4 Å².